The summed E-state index contributed by atoms with van der Waals surface area (Å²) in [5.41, 5.74) is 13.4. The zero-order valence-electron chi connectivity index (χ0n) is 17.6. The molecule has 0 aliphatic rings. The normalized spacial score (nSPS) is 10.9. The maximum Gasteiger partial charge on any atom is 0.326 e. The lowest BCUT2D eigenvalue weighted by molar-refractivity contribution is -0.140. The van der Waals surface area contributed by atoms with Crippen LogP contribution >= 0.6 is 0 Å². The summed E-state index contributed by atoms with van der Waals surface area (Å²) in [5.74, 6) is -2.93. The van der Waals surface area contributed by atoms with Gasteiger partial charge in [0.2, 0.25) is 5.95 Å². The van der Waals surface area contributed by atoms with Crippen LogP contribution in [0, 0.1) is 0 Å². The first-order valence-corrected chi connectivity index (χ1v) is 9.37. The van der Waals surface area contributed by atoms with E-state index in [9.17, 15) is 14.4 Å². The Bertz CT molecular complexity index is 1170. The number of nitrogens with zero attached hydrogens (tertiary/aromatic N) is 4. The summed E-state index contributed by atoms with van der Waals surface area (Å²) in [7, 11) is 0. The van der Waals surface area contributed by atoms with Gasteiger partial charge in [-0.05, 0) is 30.7 Å². The van der Waals surface area contributed by atoms with Crippen LogP contribution in [0.4, 0.5) is 17.5 Å². The van der Waals surface area contributed by atoms with E-state index in [1.807, 2.05) is 0 Å². The van der Waals surface area contributed by atoms with Gasteiger partial charge < -0.3 is 43.3 Å². The SMILES string of the molecule is Nc1nc(N)c2nc(CNc3ccc(C(=O)N[C@H](CCC(=O)O)C(=O)O)cc3)cnc2n1.O.O. The summed E-state index contributed by atoms with van der Waals surface area (Å²) in [4.78, 5) is 50.5. The van der Waals surface area contributed by atoms with Gasteiger partial charge in [-0.25, -0.2) is 14.8 Å². The topological polar surface area (TPSA) is 282 Å². The van der Waals surface area contributed by atoms with Crippen LogP contribution in [0.5, 0.6) is 0 Å². The maximum absolute atomic E-state index is 12.3. The fourth-order valence-electron chi connectivity index (χ4n) is 2.77. The van der Waals surface area contributed by atoms with E-state index in [1.54, 1.807) is 12.1 Å². The van der Waals surface area contributed by atoms with Crippen molar-refractivity contribution in [2.24, 2.45) is 0 Å². The molecule has 0 saturated heterocycles. The van der Waals surface area contributed by atoms with Crippen molar-refractivity contribution in [3.8, 4) is 0 Å². The summed E-state index contributed by atoms with van der Waals surface area (Å²) in [5, 5.41) is 23.3. The number of anilines is 3. The van der Waals surface area contributed by atoms with Crippen LogP contribution in [-0.4, -0.2) is 65.0 Å². The number of carboxylic acid groups (broad SMARTS) is 2. The lowest BCUT2D eigenvalue weighted by Gasteiger charge is -2.14. The molecule has 3 aromatic rings. The molecule has 3 rings (SSSR count). The molecule has 1 atom stereocenters. The number of aromatic nitrogens is 4. The first-order valence-electron chi connectivity index (χ1n) is 9.37. The van der Waals surface area contributed by atoms with Crippen LogP contribution in [0.3, 0.4) is 0 Å². The van der Waals surface area contributed by atoms with Gasteiger partial charge in [0.1, 0.15) is 6.04 Å². The number of nitrogens with one attached hydrogen (secondary N) is 2. The first-order chi connectivity index (χ1) is 15.2. The van der Waals surface area contributed by atoms with Crippen LogP contribution in [0.25, 0.3) is 11.2 Å². The lowest BCUT2D eigenvalue weighted by atomic mass is 10.1. The maximum atomic E-state index is 12.3. The number of hydrogen-bond acceptors (Lipinski definition) is 10. The van der Waals surface area contributed by atoms with Gasteiger partial charge in [-0.2, -0.15) is 9.97 Å². The van der Waals surface area contributed by atoms with E-state index >= 15 is 0 Å². The number of amides is 1. The molecule has 1 aromatic carbocycles. The summed E-state index contributed by atoms with van der Waals surface area (Å²) in [6, 6.07) is 4.99. The highest BCUT2D eigenvalue weighted by Gasteiger charge is 2.21. The van der Waals surface area contributed by atoms with Gasteiger partial charge in [0.05, 0.1) is 18.4 Å². The fourth-order valence-corrected chi connectivity index (χ4v) is 2.77. The minimum atomic E-state index is -1.30. The van der Waals surface area contributed by atoms with Crippen molar-refractivity contribution in [3.63, 3.8) is 0 Å². The van der Waals surface area contributed by atoms with Crippen molar-refractivity contribution in [3.05, 3.63) is 41.7 Å². The fraction of sp³-hybridized carbons (Fsp3) is 0.211. The molecule has 34 heavy (non-hydrogen) atoms. The van der Waals surface area contributed by atoms with E-state index in [0.717, 1.165) is 0 Å². The number of nitrogens with two attached hydrogens (primary N) is 2. The van der Waals surface area contributed by atoms with Gasteiger partial charge in [-0.1, -0.05) is 0 Å². The molecule has 182 valence electrons. The first kappa shape index (κ1) is 27.4. The van der Waals surface area contributed by atoms with E-state index in [-0.39, 0.29) is 46.8 Å². The molecule has 0 bridgehead atoms. The van der Waals surface area contributed by atoms with Gasteiger partial charge in [0.15, 0.2) is 17.0 Å². The minimum Gasteiger partial charge on any atom is -0.481 e. The van der Waals surface area contributed by atoms with Gasteiger partial charge >= 0.3 is 11.9 Å². The molecule has 15 nitrogen and oxygen atoms in total. The van der Waals surface area contributed by atoms with E-state index in [1.165, 1.54) is 18.3 Å². The zero-order valence-corrected chi connectivity index (χ0v) is 17.6. The van der Waals surface area contributed by atoms with E-state index in [4.69, 9.17) is 21.7 Å². The van der Waals surface area contributed by atoms with Crippen molar-refractivity contribution in [2.45, 2.75) is 25.4 Å². The second-order valence-electron chi connectivity index (χ2n) is 6.73. The molecular weight excluding hydrogens is 452 g/mol. The predicted molar refractivity (Wildman–Crippen MR) is 121 cm³/mol. The number of fused-ring (bicyclic) bond motifs is 1. The van der Waals surface area contributed by atoms with E-state index in [2.05, 4.69) is 30.6 Å². The van der Waals surface area contributed by atoms with Crippen molar-refractivity contribution >= 4 is 46.5 Å². The van der Waals surface area contributed by atoms with Crippen LogP contribution in [0.1, 0.15) is 28.9 Å². The average molecular weight is 476 g/mol. The van der Waals surface area contributed by atoms with Crippen molar-refractivity contribution in [1.82, 2.24) is 25.3 Å². The molecular formula is C19H24N8O7. The molecule has 0 spiro atoms. The number of rotatable bonds is 9. The molecule has 12 N–H and O–H groups in total. The molecule has 0 saturated carbocycles. The number of nitrogen functional groups attached to an aromatic ring is 2. The number of carbonyl (C=O) groups is 3. The molecule has 0 unspecified atom stereocenters. The zero-order chi connectivity index (χ0) is 23.3. The molecule has 0 aliphatic carbocycles. The van der Waals surface area contributed by atoms with Crippen molar-refractivity contribution < 1.29 is 35.5 Å². The number of carbonyl (C=O) groups excluding carboxylic acids is 1. The third-order valence-corrected chi connectivity index (χ3v) is 4.37. The Labute approximate surface area is 191 Å². The second-order valence-corrected chi connectivity index (χ2v) is 6.73. The van der Waals surface area contributed by atoms with Crippen molar-refractivity contribution in [2.75, 3.05) is 16.8 Å². The molecule has 1 amide bonds. The van der Waals surface area contributed by atoms with Crippen LogP contribution in [0.2, 0.25) is 0 Å². The Hall–Kier alpha value is -4.63. The Morgan fingerprint density at radius 1 is 1.00 bits per heavy atom. The number of carboxylic acids is 2. The molecule has 2 heterocycles. The Morgan fingerprint density at radius 3 is 2.29 bits per heavy atom. The van der Waals surface area contributed by atoms with E-state index in [0.29, 0.717) is 23.4 Å². The molecule has 0 fully saturated rings. The van der Waals surface area contributed by atoms with Gasteiger partial charge in [0, 0.05) is 17.7 Å². The molecule has 15 heteroatoms. The third kappa shape index (κ3) is 6.94. The summed E-state index contributed by atoms with van der Waals surface area (Å²) in [6.45, 7) is 0.300. The number of hydrogen-bond donors (Lipinski definition) is 6. The largest absolute Gasteiger partial charge is 0.481 e. The van der Waals surface area contributed by atoms with Gasteiger partial charge in [0.25, 0.3) is 5.91 Å². The highest BCUT2D eigenvalue weighted by molar-refractivity contribution is 5.97. The third-order valence-electron chi connectivity index (χ3n) is 4.37. The standard InChI is InChI=1S/C19H20N8O5.2H2O/c20-15-14-16(27-19(21)26-15)23-8-11(24-14)7-22-10-3-1-9(2-4-10)17(30)25-12(18(31)32)5-6-13(28)29;;/h1-4,8,12,22H,5-7H2,(H,25,30)(H,28,29)(H,31,32)(H4,20,21,23,26,27);2*1H2/t12-;;/m1../s1. The lowest BCUT2D eigenvalue weighted by Crippen LogP contribution is -2.41. The van der Waals surface area contributed by atoms with Crippen LogP contribution in [0.15, 0.2) is 30.5 Å². The van der Waals surface area contributed by atoms with Crippen LogP contribution < -0.4 is 22.1 Å². The summed E-state index contributed by atoms with van der Waals surface area (Å²) < 4.78 is 0. The highest BCUT2D eigenvalue weighted by Crippen LogP contribution is 2.16. The second kappa shape index (κ2) is 11.8. The smallest absolute Gasteiger partial charge is 0.326 e. The summed E-state index contributed by atoms with van der Waals surface area (Å²) in [6.07, 6.45) is 0.931. The van der Waals surface area contributed by atoms with Crippen LogP contribution in [-0.2, 0) is 16.1 Å². The monoisotopic (exact) mass is 476 g/mol. The highest BCUT2D eigenvalue weighted by atomic mass is 16.4. The minimum absolute atomic E-state index is 0. The Balaban J connectivity index is 0.00000289. The predicted octanol–water partition coefficient (Wildman–Crippen LogP) is -1.41. The molecule has 0 aliphatic heterocycles. The van der Waals surface area contributed by atoms with Gasteiger partial charge in [-0.15, -0.1) is 0 Å². The molecule has 0 radical (unpaired) electrons. The average Bonchev–Trinajstić information content (AvgIpc) is 2.75. The molecule has 2 aromatic heterocycles. The van der Waals surface area contributed by atoms with Crippen molar-refractivity contribution in [1.29, 1.82) is 0 Å². The number of benzene rings is 1. The quantitative estimate of drug-likeness (QED) is 0.208. The Morgan fingerprint density at radius 2 is 1.68 bits per heavy atom. The van der Waals surface area contributed by atoms with Gasteiger partial charge in [-0.3, -0.25) is 9.59 Å². The summed E-state index contributed by atoms with van der Waals surface area (Å²) >= 11 is 0. The number of aliphatic carboxylic acids is 2. The Kier molecular flexibility index (Phi) is 9.54. The van der Waals surface area contributed by atoms with E-state index < -0.39 is 23.9 Å².